The van der Waals surface area contributed by atoms with Gasteiger partial charge in [-0.25, -0.2) is 9.97 Å². The number of hydrogen-bond acceptors (Lipinski definition) is 5. The zero-order chi connectivity index (χ0) is 19.3. The summed E-state index contributed by atoms with van der Waals surface area (Å²) in [5, 5.41) is 12.4. The largest absolute Gasteiger partial charge is 0.396 e. The number of nitrogens with one attached hydrogen (secondary N) is 1. The second kappa shape index (κ2) is 8.50. The highest BCUT2D eigenvalue weighted by Gasteiger charge is 2.20. The molecule has 2 N–H and O–H groups in total. The highest BCUT2D eigenvalue weighted by atomic mass is 16.5. The topological polar surface area (TPSA) is 89.3 Å². The predicted molar refractivity (Wildman–Crippen MR) is 105 cm³/mol. The normalized spacial score (nSPS) is 16.2. The number of nitrogens with zero attached hydrogens (tertiary/aromatic N) is 3. The van der Waals surface area contributed by atoms with Crippen molar-refractivity contribution in [2.45, 2.75) is 31.3 Å². The van der Waals surface area contributed by atoms with Crippen LogP contribution in [-0.2, 0) is 4.74 Å². The van der Waals surface area contributed by atoms with Gasteiger partial charge in [0.25, 0.3) is 5.91 Å². The van der Waals surface area contributed by atoms with E-state index in [-0.39, 0.29) is 18.6 Å². The van der Waals surface area contributed by atoms with Gasteiger partial charge in [0.05, 0.1) is 17.9 Å². The Labute approximate surface area is 163 Å². The summed E-state index contributed by atoms with van der Waals surface area (Å²) < 4.78 is 7.51. The molecule has 146 valence electrons. The van der Waals surface area contributed by atoms with E-state index in [1.54, 1.807) is 18.6 Å². The predicted octanol–water partition coefficient (Wildman–Crippen LogP) is 2.64. The van der Waals surface area contributed by atoms with Gasteiger partial charge < -0.3 is 19.7 Å². The van der Waals surface area contributed by atoms with Gasteiger partial charge in [-0.2, -0.15) is 0 Å². The minimum atomic E-state index is -0.255. The average Bonchev–Trinajstić information content (AvgIpc) is 3.18. The molecule has 0 aliphatic carbocycles. The molecule has 1 amide bonds. The van der Waals surface area contributed by atoms with Crippen molar-refractivity contribution in [2.75, 3.05) is 19.8 Å². The first-order chi connectivity index (χ1) is 13.8. The first kappa shape index (κ1) is 18.6. The molecule has 7 nitrogen and oxygen atoms in total. The van der Waals surface area contributed by atoms with E-state index in [0.717, 1.165) is 37.3 Å². The highest BCUT2D eigenvalue weighted by Crippen LogP contribution is 2.25. The van der Waals surface area contributed by atoms with E-state index in [0.29, 0.717) is 23.5 Å². The van der Waals surface area contributed by atoms with Crippen LogP contribution in [0, 0.1) is 0 Å². The Hall–Kier alpha value is -2.77. The van der Waals surface area contributed by atoms with Crippen LogP contribution in [0.25, 0.3) is 11.2 Å². The zero-order valence-corrected chi connectivity index (χ0v) is 15.6. The summed E-state index contributed by atoms with van der Waals surface area (Å²) in [4.78, 5) is 21.7. The van der Waals surface area contributed by atoms with Gasteiger partial charge >= 0.3 is 0 Å². The standard InChI is InChI=1S/C21H24N4O3/c26-9-6-18(15-4-2-1-3-5-15)24-21(27)16-12-19-20(22-13-16)25(14-23-19)17-7-10-28-11-8-17/h1-5,12-14,17-18,26H,6-11H2,(H,24,27). The number of carbonyl (C=O) groups is 1. The van der Waals surface area contributed by atoms with Crippen LogP contribution in [0.15, 0.2) is 48.9 Å². The van der Waals surface area contributed by atoms with E-state index < -0.39 is 0 Å². The van der Waals surface area contributed by atoms with Crippen LogP contribution >= 0.6 is 0 Å². The van der Waals surface area contributed by atoms with E-state index in [4.69, 9.17) is 4.74 Å². The molecule has 2 aromatic heterocycles. The molecule has 1 fully saturated rings. The molecule has 3 heterocycles. The maximum Gasteiger partial charge on any atom is 0.253 e. The van der Waals surface area contributed by atoms with Gasteiger partial charge in [-0.15, -0.1) is 0 Å². The smallest absolute Gasteiger partial charge is 0.253 e. The zero-order valence-electron chi connectivity index (χ0n) is 15.6. The molecule has 7 heteroatoms. The summed E-state index contributed by atoms with van der Waals surface area (Å²) in [5.74, 6) is -0.225. The maximum atomic E-state index is 12.8. The number of amides is 1. The number of aromatic nitrogens is 3. The van der Waals surface area contributed by atoms with Crippen LogP contribution in [-0.4, -0.2) is 45.4 Å². The van der Waals surface area contributed by atoms with Gasteiger partial charge in [-0.1, -0.05) is 30.3 Å². The van der Waals surface area contributed by atoms with Crippen molar-refractivity contribution in [1.29, 1.82) is 0 Å². The van der Waals surface area contributed by atoms with Gasteiger partial charge in [0.2, 0.25) is 0 Å². The molecule has 1 aliphatic rings. The van der Waals surface area contributed by atoms with Crippen molar-refractivity contribution in [1.82, 2.24) is 19.9 Å². The molecule has 0 saturated carbocycles. The van der Waals surface area contributed by atoms with Gasteiger partial charge in [0, 0.05) is 32.1 Å². The number of imidazole rings is 1. The lowest BCUT2D eigenvalue weighted by molar-refractivity contribution is 0.0704. The lowest BCUT2D eigenvalue weighted by atomic mass is 10.0. The van der Waals surface area contributed by atoms with Crippen molar-refractivity contribution >= 4 is 17.1 Å². The summed E-state index contributed by atoms with van der Waals surface area (Å²) in [6.45, 7) is 1.49. The Morgan fingerprint density at radius 2 is 2.04 bits per heavy atom. The van der Waals surface area contributed by atoms with E-state index in [1.165, 1.54) is 0 Å². The minimum Gasteiger partial charge on any atom is -0.396 e. The molecule has 1 saturated heterocycles. The first-order valence-corrected chi connectivity index (χ1v) is 9.63. The lowest BCUT2D eigenvalue weighted by Gasteiger charge is -2.23. The molecular weight excluding hydrogens is 356 g/mol. The summed E-state index contributed by atoms with van der Waals surface area (Å²) in [6.07, 6.45) is 5.72. The summed E-state index contributed by atoms with van der Waals surface area (Å²) in [5.41, 5.74) is 2.92. The second-order valence-corrected chi connectivity index (χ2v) is 7.01. The molecule has 0 bridgehead atoms. The summed E-state index contributed by atoms with van der Waals surface area (Å²) in [7, 11) is 0. The van der Waals surface area contributed by atoms with Crippen molar-refractivity contribution in [3.63, 3.8) is 0 Å². The molecule has 28 heavy (non-hydrogen) atoms. The van der Waals surface area contributed by atoms with Gasteiger partial charge in [0.15, 0.2) is 5.65 Å². The van der Waals surface area contributed by atoms with Crippen LogP contribution in [0.1, 0.15) is 47.3 Å². The van der Waals surface area contributed by atoms with Crippen molar-refractivity contribution in [3.8, 4) is 0 Å². The Bertz CT molecular complexity index is 935. The van der Waals surface area contributed by atoms with E-state index in [9.17, 15) is 9.90 Å². The molecule has 1 unspecified atom stereocenters. The molecule has 3 aromatic rings. The van der Waals surface area contributed by atoms with E-state index in [2.05, 4.69) is 19.9 Å². The maximum absolute atomic E-state index is 12.8. The third kappa shape index (κ3) is 3.90. The number of aliphatic hydroxyl groups is 1. The summed E-state index contributed by atoms with van der Waals surface area (Å²) in [6, 6.07) is 11.5. The van der Waals surface area contributed by atoms with Crippen LogP contribution < -0.4 is 5.32 Å². The molecule has 1 aliphatic heterocycles. The third-order valence-corrected chi connectivity index (χ3v) is 5.18. The number of hydrogen-bond donors (Lipinski definition) is 2. The van der Waals surface area contributed by atoms with E-state index >= 15 is 0 Å². The highest BCUT2D eigenvalue weighted by molar-refractivity contribution is 5.96. The number of pyridine rings is 1. The number of carbonyl (C=O) groups excluding carboxylic acids is 1. The summed E-state index contributed by atoms with van der Waals surface area (Å²) >= 11 is 0. The molecule has 1 aromatic carbocycles. The van der Waals surface area contributed by atoms with Gasteiger partial charge in [0.1, 0.15) is 5.52 Å². The molecule has 0 radical (unpaired) electrons. The first-order valence-electron chi connectivity index (χ1n) is 9.63. The third-order valence-electron chi connectivity index (χ3n) is 5.18. The van der Waals surface area contributed by atoms with Crippen LogP contribution in [0.3, 0.4) is 0 Å². The number of fused-ring (bicyclic) bond motifs is 1. The molecule has 0 spiro atoms. The fourth-order valence-electron chi connectivity index (χ4n) is 3.65. The molecular formula is C21H24N4O3. The molecule has 4 rings (SSSR count). The number of aliphatic hydroxyl groups excluding tert-OH is 1. The lowest BCUT2D eigenvalue weighted by Crippen LogP contribution is -2.29. The minimum absolute atomic E-state index is 0.00731. The van der Waals surface area contributed by atoms with E-state index in [1.807, 2.05) is 30.3 Å². The van der Waals surface area contributed by atoms with Crippen LogP contribution in [0.2, 0.25) is 0 Å². The van der Waals surface area contributed by atoms with Gasteiger partial charge in [-0.05, 0) is 30.9 Å². The SMILES string of the molecule is O=C(NC(CCO)c1ccccc1)c1cnc2c(c1)ncn2C1CCOCC1. The number of benzene rings is 1. The Morgan fingerprint density at radius 3 is 2.79 bits per heavy atom. The van der Waals surface area contributed by atoms with Crippen LogP contribution in [0.5, 0.6) is 0 Å². The monoisotopic (exact) mass is 380 g/mol. The Balaban J connectivity index is 1.54. The van der Waals surface area contributed by atoms with Gasteiger partial charge in [-0.3, -0.25) is 4.79 Å². The van der Waals surface area contributed by atoms with Crippen LogP contribution in [0.4, 0.5) is 0 Å². The van der Waals surface area contributed by atoms with Crippen molar-refractivity contribution < 1.29 is 14.6 Å². The average molecular weight is 380 g/mol. The number of ether oxygens (including phenoxy) is 1. The molecule has 1 atom stereocenters. The van der Waals surface area contributed by atoms with Crippen molar-refractivity contribution in [3.05, 3.63) is 60.0 Å². The Kier molecular flexibility index (Phi) is 5.64. The second-order valence-electron chi connectivity index (χ2n) is 7.01. The Morgan fingerprint density at radius 1 is 1.25 bits per heavy atom. The fraction of sp³-hybridized carbons (Fsp3) is 0.381. The fourth-order valence-corrected chi connectivity index (χ4v) is 3.65. The van der Waals surface area contributed by atoms with Crippen molar-refractivity contribution in [2.24, 2.45) is 0 Å². The number of rotatable bonds is 6. The quantitative estimate of drug-likeness (QED) is 0.686.